The molecule has 0 radical (unpaired) electrons. The summed E-state index contributed by atoms with van der Waals surface area (Å²) in [7, 11) is 1.79. The topological polar surface area (TPSA) is 115 Å². The van der Waals surface area contributed by atoms with Gasteiger partial charge in [-0.1, -0.05) is 17.3 Å². The van der Waals surface area contributed by atoms with E-state index in [1.165, 1.54) is 0 Å². The summed E-state index contributed by atoms with van der Waals surface area (Å²) in [5, 5.41) is 20.7. The molecule has 34 heavy (non-hydrogen) atoms. The van der Waals surface area contributed by atoms with E-state index in [4.69, 9.17) is 24.0 Å². The van der Waals surface area contributed by atoms with E-state index in [9.17, 15) is 5.11 Å². The van der Waals surface area contributed by atoms with Gasteiger partial charge in [0.2, 0.25) is 0 Å². The summed E-state index contributed by atoms with van der Waals surface area (Å²) in [4.78, 5) is 9.86. The number of hydrogen-bond donors (Lipinski definition) is 3. The number of hydrogen-bond acceptors (Lipinski definition) is 9. The number of nitrogens with zero attached hydrogens (tertiary/aromatic N) is 3. The molecule has 2 aromatic heterocycles. The molecule has 3 atom stereocenters. The molecule has 2 fully saturated rings. The van der Waals surface area contributed by atoms with Crippen LogP contribution in [0.25, 0.3) is 22.6 Å². The molecule has 1 saturated carbocycles. The molecule has 2 aliphatic rings. The van der Waals surface area contributed by atoms with Crippen LogP contribution in [-0.4, -0.2) is 65.8 Å². The minimum Gasteiger partial charge on any atom is -0.491 e. The van der Waals surface area contributed by atoms with E-state index < -0.39 is 6.10 Å². The Bertz CT molecular complexity index is 1150. The third kappa shape index (κ3) is 4.38. The monoisotopic (exact) mass is 465 g/mol. The van der Waals surface area contributed by atoms with Crippen molar-refractivity contribution in [3.63, 3.8) is 0 Å². The zero-order valence-corrected chi connectivity index (χ0v) is 20.0. The van der Waals surface area contributed by atoms with Gasteiger partial charge in [0.1, 0.15) is 30.0 Å². The van der Waals surface area contributed by atoms with E-state index in [2.05, 4.69) is 15.8 Å². The van der Waals surface area contributed by atoms with Gasteiger partial charge < -0.3 is 29.7 Å². The SMILES string of the molecule is CNCC(O)COc1cccc(-c2nc(NC3C4COCC43)c(C)c(-c3c(C)noc3C)n2)c1. The minimum absolute atomic E-state index is 0.197. The van der Waals surface area contributed by atoms with Crippen molar-refractivity contribution in [2.75, 3.05) is 38.7 Å². The maximum atomic E-state index is 9.97. The third-order valence-electron chi connectivity index (χ3n) is 6.65. The average Bonchev–Trinajstić information content (AvgIpc) is 3.12. The summed E-state index contributed by atoms with van der Waals surface area (Å²) in [6.45, 7) is 8.12. The number of benzene rings is 1. The summed E-state index contributed by atoms with van der Waals surface area (Å²) in [5.41, 5.74) is 4.29. The molecule has 0 spiro atoms. The zero-order valence-electron chi connectivity index (χ0n) is 20.0. The van der Waals surface area contributed by atoms with Crippen molar-refractivity contribution < 1.29 is 19.1 Å². The molecule has 1 saturated heterocycles. The summed E-state index contributed by atoms with van der Waals surface area (Å²) in [6.07, 6.45) is -0.590. The summed E-state index contributed by atoms with van der Waals surface area (Å²) < 4.78 is 16.8. The fraction of sp³-hybridized carbons (Fsp3) is 0.480. The van der Waals surface area contributed by atoms with Gasteiger partial charge >= 0.3 is 0 Å². The van der Waals surface area contributed by atoms with Crippen molar-refractivity contribution in [3.8, 4) is 28.4 Å². The number of aliphatic hydroxyl groups is 1. The number of rotatable bonds is 9. The first kappa shape index (κ1) is 22.8. The van der Waals surface area contributed by atoms with Gasteiger partial charge in [-0.15, -0.1) is 0 Å². The molecule has 1 aliphatic carbocycles. The largest absolute Gasteiger partial charge is 0.491 e. The Morgan fingerprint density at radius 1 is 1.18 bits per heavy atom. The Morgan fingerprint density at radius 3 is 2.68 bits per heavy atom. The molecule has 0 amide bonds. The lowest BCUT2D eigenvalue weighted by atomic mass is 10.0. The van der Waals surface area contributed by atoms with Crippen molar-refractivity contribution in [3.05, 3.63) is 41.3 Å². The molecule has 0 bridgehead atoms. The van der Waals surface area contributed by atoms with E-state index in [-0.39, 0.29) is 6.61 Å². The van der Waals surface area contributed by atoms with Crippen LogP contribution in [0.5, 0.6) is 5.75 Å². The highest BCUT2D eigenvalue weighted by atomic mass is 16.5. The quantitative estimate of drug-likeness (QED) is 0.439. The van der Waals surface area contributed by atoms with Crippen LogP contribution < -0.4 is 15.4 Å². The normalized spacial score (nSPS) is 21.9. The van der Waals surface area contributed by atoms with Crippen LogP contribution in [0.1, 0.15) is 17.0 Å². The van der Waals surface area contributed by atoms with Gasteiger partial charge in [-0.3, -0.25) is 0 Å². The molecule has 9 heteroatoms. The van der Waals surface area contributed by atoms with Crippen LogP contribution in [0.4, 0.5) is 5.82 Å². The molecule has 180 valence electrons. The number of likely N-dealkylation sites (N-methyl/N-ethyl adjacent to an activating group) is 1. The fourth-order valence-electron chi connectivity index (χ4n) is 4.67. The van der Waals surface area contributed by atoms with Crippen LogP contribution in [0.15, 0.2) is 28.8 Å². The molecule has 3 unspecified atom stereocenters. The number of anilines is 1. The summed E-state index contributed by atoms with van der Waals surface area (Å²) >= 11 is 0. The smallest absolute Gasteiger partial charge is 0.162 e. The zero-order chi connectivity index (χ0) is 23.8. The van der Waals surface area contributed by atoms with E-state index in [1.54, 1.807) is 7.05 Å². The Hall–Kier alpha value is -3.01. The number of nitrogens with one attached hydrogen (secondary N) is 2. The molecular formula is C25H31N5O4. The molecule has 9 nitrogen and oxygen atoms in total. The number of aromatic nitrogens is 3. The first-order valence-electron chi connectivity index (χ1n) is 11.7. The van der Waals surface area contributed by atoms with Crippen LogP contribution >= 0.6 is 0 Å². The predicted octanol–water partition coefficient (Wildman–Crippen LogP) is 2.74. The van der Waals surface area contributed by atoms with Gasteiger partial charge in [0.25, 0.3) is 0 Å². The predicted molar refractivity (Wildman–Crippen MR) is 128 cm³/mol. The minimum atomic E-state index is -0.590. The van der Waals surface area contributed by atoms with E-state index in [0.29, 0.717) is 36.0 Å². The van der Waals surface area contributed by atoms with Gasteiger partial charge in [-0.2, -0.15) is 0 Å². The Morgan fingerprint density at radius 2 is 1.97 bits per heavy atom. The van der Waals surface area contributed by atoms with Crippen molar-refractivity contribution in [2.45, 2.75) is 32.9 Å². The highest BCUT2D eigenvalue weighted by molar-refractivity contribution is 5.74. The number of ether oxygens (including phenoxy) is 2. The summed E-state index contributed by atoms with van der Waals surface area (Å²) in [5.74, 6) is 3.87. The molecule has 1 aliphatic heterocycles. The van der Waals surface area contributed by atoms with Gasteiger partial charge in [0, 0.05) is 35.5 Å². The van der Waals surface area contributed by atoms with Crippen molar-refractivity contribution in [2.24, 2.45) is 11.8 Å². The fourth-order valence-corrected chi connectivity index (χ4v) is 4.67. The van der Waals surface area contributed by atoms with Gasteiger partial charge in [0.05, 0.1) is 30.2 Å². The lowest BCUT2D eigenvalue weighted by Crippen LogP contribution is -2.29. The average molecular weight is 466 g/mol. The van der Waals surface area contributed by atoms with Crippen molar-refractivity contribution in [1.29, 1.82) is 0 Å². The maximum absolute atomic E-state index is 9.97. The van der Waals surface area contributed by atoms with Gasteiger partial charge in [-0.25, -0.2) is 9.97 Å². The second-order valence-corrected chi connectivity index (χ2v) is 9.15. The Labute approximate surface area is 198 Å². The van der Waals surface area contributed by atoms with Gasteiger partial charge in [-0.05, 0) is 40.0 Å². The van der Waals surface area contributed by atoms with Crippen LogP contribution in [0.3, 0.4) is 0 Å². The van der Waals surface area contributed by atoms with E-state index in [0.717, 1.165) is 52.9 Å². The maximum Gasteiger partial charge on any atom is 0.162 e. The number of aliphatic hydroxyl groups excluding tert-OH is 1. The molecule has 5 rings (SSSR count). The molecule has 3 N–H and O–H groups in total. The lowest BCUT2D eigenvalue weighted by Gasteiger charge is -2.16. The Kier molecular flexibility index (Phi) is 6.24. The Balaban J connectivity index is 1.50. The third-order valence-corrected chi connectivity index (χ3v) is 6.65. The number of fused-ring (bicyclic) bond motifs is 1. The molecular weight excluding hydrogens is 434 g/mol. The number of aryl methyl sites for hydroxylation is 2. The van der Waals surface area contributed by atoms with Crippen molar-refractivity contribution >= 4 is 5.82 Å². The first-order chi connectivity index (χ1) is 16.5. The standard InChI is InChI=1S/C25H31N5O4/c1-13-22(21-14(2)30-34-15(21)3)27-25(29-24(13)28-23-19-11-32-12-20(19)23)16-6-5-7-18(8-16)33-10-17(31)9-26-4/h5-8,17,19-20,23,26,31H,9-12H2,1-4H3,(H,27,28,29). The van der Waals surface area contributed by atoms with Crippen LogP contribution in [-0.2, 0) is 4.74 Å². The highest BCUT2D eigenvalue weighted by Gasteiger charge is 2.54. The first-order valence-corrected chi connectivity index (χ1v) is 11.7. The van der Waals surface area contributed by atoms with Crippen LogP contribution in [0.2, 0.25) is 0 Å². The lowest BCUT2D eigenvalue weighted by molar-refractivity contribution is 0.108. The summed E-state index contributed by atoms with van der Waals surface area (Å²) in [6, 6.07) is 8.00. The van der Waals surface area contributed by atoms with Crippen molar-refractivity contribution in [1.82, 2.24) is 20.4 Å². The van der Waals surface area contributed by atoms with E-state index >= 15 is 0 Å². The van der Waals surface area contributed by atoms with E-state index in [1.807, 2.05) is 45.0 Å². The molecule has 1 aromatic carbocycles. The molecule has 3 aromatic rings. The molecule has 3 heterocycles. The highest BCUT2D eigenvalue weighted by Crippen LogP contribution is 2.46. The van der Waals surface area contributed by atoms with Gasteiger partial charge in [0.15, 0.2) is 5.82 Å². The second kappa shape index (κ2) is 9.32. The second-order valence-electron chi connectivity index (χ2n) is 9.15. The van der Waals surface area contributed by atoms with Crippen LogP contribution in [0, 0.1) is 32.6 Å².